The highest BCUT2D eigenvalue weighted by Crippen LogP contribution is 2.49. The quantitative estimate of drug-likeness (QED) is 0.558. The number of nitrogens with zero attached hydrogens (tertiary/aromatic N) is 1. The van der Waals surface area contributed by atoms with Gasteiger partial charge in [-0.1, -0.05) is 13.8 Å². The molecule has 0 heterocycles. The first-order valence-corrected chi connectivity index (χ1v) is 6.15. The summed E-state index contributed by atoms with van der Waals surface area (Å²) in [4.78, 5) is 22.5. The van der Waals surface area contributed by atoms with Crippen molar-refractivity contribution in [3.05, 3.63) is 10.1 Å². The Hall–Kier alpha value is -0.970. The van der Waals surface area contributed by atoms with Gasteiger partial charge in [0.25, 0.3) is 0 Å². The zero-order valence-electron chi connectivity index (χ0n) is 10.3. The number of hydrogen-bond acceptors (Lipinski definition) is 4. The van der Waals surface area contributed by atoms with Gasteiger partial charge in [-0.2, -0.15) is 0 Å². The van der Waals surface area contributed by atoms with Crippen molar-refractivity contribution in [3.8, 4) is 0 Å². The summed E-state index contributed by atoms with van der Waals surface area (Å²) in [5, 5.41) is 21.6. The molecule has 17 heavy (non-hydrogen) atoms. The smallest absolute Gasteiger partial charge is 0.242 e. The van der Waals surface area contributed by atoms with Crippen LogP contribution in [0.4, 0.5) is 0 Å². The van der Waals surface area contributed by atoms with Crippen LogP contribution in [0.25, 0.3) is 0 Å². The Morgan fingerprint density at radius 2 is 2.06 bits per heavy atom. The number of ketones is 1. The van der Waals surface area contributed by atoms with Crippen molar-refractivity contribution in [1.82, 2.24) is 0 Å². The van der Waals surface area contributed by atoms with E-state index in [-0.39, 0.29) is 24.0 Å². The normalized spacial score (nSPS) is 40.8. The highest BCUT2D eigenvalue weighted by molar-refractivity contribution is 5.83. The summed E-state index contributed by atoms with van der Waals surface area (Å²) in [6, 6.07) is -0.971. The third-order valence-electron chi connectivity index (χ3n) is 4.45. The summed E-state index contributed by atoms with van der Waals surface area (Å²) in [7, 11) is 0. The van der Waals surface area contributed by atoms with Crippen molar-refractivity contribution in [2.24, 2.45) is 11.3 Å². The van der Waals surface area contributed by atoms with Gasteiger partial charge >= 0.3 is 0 Å². The van der Waals surface area contributed by atoms with E-state index >= 15 is 0 Å². The molecule has 0 aliphatic heterocycles. The molecule has 2 fully saturated rings. The molecule has 96 valence electrons. The van der Waals surface area contributed by atoms with E-state index in [0.717, 1.165) is 6.42 Å². The number of nitro groups is 1. The van der Waals surface area contributed by atoms with Crippen LogP contribution in [0.5, 0.6) is 0 Å². The SMILES string of the molecule is CC1(C)CCC2(O)C(C1)C(=O)CCC2[N+](=O)[O-]. The second-order valence-corrected chi connectivity index (χ2v) is 6.22. The van der Waals surface area contributed by atoms with Crippen molar-refractivity contribution in [3.63, 3.8) is 0 Å². The lowest BCUT2D eigenvalue weighted by Crippen LogP contribution is -2.61. The van der Waals surface area contributed by atoms with Gasteiger partial charge in [-0.15, -0.1) is 0 Å². The molecule has 0 spiro atoms. The summed E-state index contributed by atoms with van der Waals surface area (Å²) in [6.07, 6.45) is 2.07. The average molecular weight is 241 g/mol. The van der Waals surface area contributed by atoms with Crippen LogP contribution >= 0.6 is 0 Å². The van der Waals surface area contributed by atoms with Gasteiger partial charge in [-0.3, -0.25) is 14.9 Å². The van der Waals surface area contributed by atoms with Crippen molar-refractivity contribution < 1.29 is 14.8 Å². The second kappa shape index (κ2) is 3.77. The Morgan fingerprint density at radius 3 is 2.65 bits per heavy atom. The van der Waals surface area contributed by atoms with Crippen LogP contribution in [0.1, 0.15) is 46.0 Å². The Bertz CT molecular complexity index is 366. The maximum atomic E-state index is 11.9. The van der Waals surface area contributed by atoms with Crippen LogP contribution in [0.2, 0.25) is 0 Å². The molecule has 2 saturated carbocycles. The number of Topliss-reactive ketones (excluding diaryl/α,β-unsaturated/α-hetero) is 1. The Kier molecular flexibility index (Phi) is 2.77. The molecule has 0 aromatic carbocycles. The molecular weight excluding hydrogens is 222 g/mol. The molecule has 0 radical (unpaired) electrons. The predicted molar refractivity (Wildman–Crippen MR) is 61.1 cm³/mol. The van der Waals surface area contributed by atoms with Crippen LogP contribution in [0, 0.1) is 21.4 Å². The summed E-state index contributed by atoms with van der Waals surface area (Å²) in [6.45, 7) is 4.10. The molecule has 0 bridgehead atoms. The Balaban J connectivity index is 2.32. The molecule has 5 heteroatoms. The number of hydrogen-bond donors (Lipinski definition) is 1. The first-order chi connectivity index (χ1) is 7.76. The predicted octanol–water partition coefficient (Wildman–Crippen LogP) is 1.55. The van der Waals surface area contributed by atoms with E-state index < -0.39 is 22.5 Å². The number of rotatable bonds is 1. The maximum absolute atomic E-state index is 11.9. The molecule has 2 aliphatic rings. The van der Waals surface area contributed by atoms with Gasteiger partial charge in [0.15, 0.2) is 0 Å². The molecule has 0 amide bonds. The van der Waals surface area contributed by atoms with Crippen molar-refractivity contribution in [1.29, 1.82) is 0 Å². The van der Waals surface area contributed by atoms with Gasteiger partial charge in [0.1, 0.15) is 11.4 Å². The molecule has 5 nitrogen and oxygen atoms in total. The van der Waals surface area contributed by atoms with Crippen molar-refractivity contribution in [2.75, 3.05) is 0 Å². The van der Waals surface area contributed by atoms with Crippen LogP contribution < -0.4 is 0 Å². The molecule has 0 aromatic rings. The molecule has 2 aliphatic carbocycles. The van der Waals surface area contributed by atoms with Crippen LogP contribution in [-0.4, -0.2) is 27.5 Å². The van der Waals surface area contributed by atoms with Crippen molar-refractivity contribution in [2.45, 2.75) is 57.6 Å². The second-order valence-electron chi connectivity index (χ2n) is 6.22. The zero-order chi connectivity index (χ0) is 12.8. The van der Waals surface area contributed by atoms with Gasteiger partial charge < -0.3 is 5.11 Å². The van der Waals surface area contributed by atoms with E-state index in [0.29, 0.717) is 12.8 Å². The monoisotopic (exact) mass is 241 g/mol. The third-order valence-corrected chi connectivity index (χ3v) is 4.45. The van der Waals surface area contributed by atoms with Gasteiger partial charge in [-0.25, -0.2) is 0 Å². The number of fused-ring (bicyclic) bond motifs is 1. The molecule has 3 unspecified atom stereocenters. The maximum Gasteiger partial charge on any atom is 0.242 e. The van der Waals surface area contributed by atoms with E-state index in [1.54, 1.807) is 0 Å². The van der Waals surface area contributed by atoms with Gasteiger partial charge in [0.2, 0.25) is 6.04 Å². The Morgan fingerprint density at radius 1 is 1.41 bits per heavy atom. The first-order valence-electron chi connectivity index (χ1n) is 6.15. The minimum Gasteiger partial charge on any atom is -0.382 e. The fourth-order valence-corrected chi connectivity index (χ4v) is 3.33. The number of aliphatic hydroxyl groups is 1. The van der Waals surface area contributed by atoms with E-state index in [1.165, 1.54) is 0 Å². The average Bonchev–Trinajstić information content (AvgIpc) is 2.20. The molecule has 3 atom stereocenters. The highest BCUT2D eigenvalue weighted by atomic mass is 16.6. The lowest BCUT2D eigenvalue weighted by atomic mass is 9.58. The summed E-state index contributed by atoms with van der Waals surface area (Å²) >= 11 is 0. The molecular formula is C12H19NO4. The van der Waals surface area contributed by atoms with Gasteiger partial charge in [0, 0.05) is 17.8 Å². The summed E-state index contributed by atoms with van der Waals surface area (Å²) in [5.74, 6) is -0.547. The van der Waals surface area contributed by atoms with E-state index in [2.05, 4.69) is 13.8 Å². The highest BCUT2D eigenvalue weighted by Gasteiger charge is 2.59. The lowest BCUT2D eigenvalue weighted by Gasteiger charge is -2.48. The van der Waals surface area contributed by atoms with Crippen molar-refractivity contribution >= 4 is 5.78 Å². The topological polar surface area (TPSA) is 80.4 Å². The van der Waals surface area contributed by atoms with E-state index in [1.807, 2.05) is 0 Å². The van der Waals surface area contributed by atoms with E-state index in [9.17, 15) is 20.0 Å². The fraction of sp³-hybridized carbons (Fsp3) is 0.917. The molecule has 1 N–H and O–H groups in total. The summed E-state index contributed by atoms with van der Waals surface area (Å²) < 4.78 is 0. The van der Waals surface area contributed by atoms with Crippen LogP contribution in [-0.2, 0) is 4.79 Å². The molecule has 2 rings (SSSR count). The van der Waals surface area contributed by atoms with Gasteiger partial charge in [0.05, 0.1) is 5.92 Å². The standard InChI is InChI=1S/C12H19NO4/c1-11(2)5-6-12(15)8(7-11)9(14)3-4-10(12)13(16)17/h8,10,15H,3-7H2,1-2H3. The Labute approximate surface area is 100 Å². The number of carbonyl (C=O) groups is 1. The minimum absolute atomic E-state index is 0.00150. The first kappa shape index (κ1) is 12.5. The van der Waals surface area contributed by atoms with Crippen LogP contribution in [0.15, 0.2) is 0 Å². The lowest BCUT2D eigenvalue weighted by molar-refractivity contribution is -0.552. The van der Waals surface area contributed by atoms with E-state index in [4.69, 9.17) is 0 Å². The number of carbonyl (C=O) groups excluding carboxylic acids is 1. The third kappa shape index (κ3) is 1.97. The zero-order valence-corrected chi connectivity index (χ0v) is 10.3. The largest absolute Gasteiger partial charge is 0.382 e. The fourth-order valence-electron chi connectivity index (χ4n) is 3.33. The molecule has 0 aromatic heterocycles. The molecule has 0 saturated heterocycles. The van der Waals surface area contributed by atoms with Crippen LogP contribution in [0.3, 0.4) is 0 Å². The minimum atomic E-state index is -1.41. The summed E-state index contributed by atoms with van der Waals surface area (Å²) in [5.41, 5.74) is -1.42. The van der Waals surface area contributed by atoms with Gasteiger partial charge in [-0.05, 0) is 24.7 Å².